The first-order valence-corrected chi connectivity index (χ1v) is 6.83. The van der Waals surface area contributed by atoms with Gasteiger partial charge in [0.2, 0.25) is 0 Å². The van der Waals surface area contributed by atoms with Crippen LogP contribution in [0.4, 0.5) is 0 Å². The van der Waals surface area contributed by atoms with Crippen LogP contribution in [0.5, 0.6) is 5.75 Å². The Hall–Kier alpha value is -2.27. The summed E-state index contributed by atoms with van der Waals surface area (Å²) in [4.78, 5) is 11.5. The number of furan rings is 1. The van der Waals surface area contributed by atoms with Gasteiger partial charge in [-0.1, -0.05) is 19.9 Å². The molecule has 0 spiro atoms. The average molecular weight is 288 g/mol. The molecular weight excluding hydrogens is 268 g/mol. The second kappa shape index (κ2) is 6.45. The van der Waals surface area contributed by atoms with E-state index in [1.807, 2.05) is 19.1 Å². The molecule has 1 aromatic carbocycles. The minimum absolute atomic E-state index is 0.175. The van der Waals surface area contributed by atoms with Crippen molar-refractivity contribution in [3.8, 4) is 5.75 Å². The molecule has 0 radical (unpaired) electrons. The number of nitrogen functional groups attached to an aromatic ring is 1. The molecule has 0 aliphatic carbocycles. The van der Waals surface area contributed by atoms with Crippen LogP contribution in [0.3, 0.4) is 0 Å². The second-order valence-corrected chi connectivity index (χ2v) is 5.27. The Morgan fingerprint density at radius 3 is 2.81 bits per heavy atom. The Morgan fingerprint density at radius 1 is 1.38 bits per heavy atom. The normalized spacial score (nSPS) is 10.7. The zero-order valence-corrected chi connectivity index (χ0v) is 12.5. The highest BCUT2D eigenvalue weighted by atomic mass is 16.5. The van der Waals surface area contributed by atoms with Gasteiger partial charge in [-0.05, 0) is 42.2 Å². The predicted molar refractivity (Wildman–Crippen MR) is 80.0 cm³/mol. The van der Waals surface area contributed by atoms with Gasteiger partial charge in [-0.15, -0.1) is 0 Å². The summed E-state index contributed by atoms with van der Waals surface area (Å²) < 4.78 is 10.9. The minimum atomic E-state index is -0.467. The molecular formula is C16H20N2O3. The average Bonchev–Trinajstić information content (AvgIpc) is 2.92. The van der Waals surface area contributed by atoms with Crippen LogP contribution in [0.25, 0.3) is 0 Å². The van der Waals surface area contributed by atoms with Crippen LogP contribution in [0.1, 0.15) is 47.0 Å². The number of carbonyl (C=O) groups is 1. The van der Waals surface area contributed by atoms with Crippen LogP contribution < -0.4 is 16.0 Å². The summed E-state index contributed by atoms with van der Waals surface area (Å²) in [6.45, 7) is 6.56. The van der Waals surface area contributed by atoms with E-state index in [0.717, 1.165) is 11.3 Å². The van der Waals surface area contributed by atoms with Crippen LogP contribution in [-0.4, -0.2) is 5.91 Å². The lowest BCUT2D eigenvalue weighted by molar-refractivity contribution is 0.0922. The maximum absolute atomic E-state index is 11.5. The van der Waals surface area contributed by atoms with Gasteiger partial charge in [0.15, 0.2) is 5.76 Å². The van der Waals surface area contributed by atoms with Crippen molar-refractivity contribution in [3.63, 3.8) is 0 Å². The first-order chi connectivity index (χ1) is 10.0. The molecule has 1 aromatic heterocycles. The van der Waals surface area contributed by atoms with Gasteiger partial charge in [0.25, 0.3) is 0 Å². The number of hydrogen-bond acceptors (Lipinski definition) is 4. The number of hydrazine groups is 1. The SMILES string of the molecule is Cc1cc(OCc2ccoc2C(=O)NN)cc(C(C)C)c1. The lowest BCUT2D eigenvalue weighted by Crippen LogP contribution is -2.30. The molecule has 112 valence electrons. The largest absolute Gasteiger partial charge is 0.489 e. The third-order valence-electron chi connectivity index (χ3n) is 3.22. The molecule has 0 fully saturated rings. The molecule has 0 atom stereocenters. The molecule has 0 saturated carbocycles. The Labute approximate surface area is 124 Å². The molecule has 0 aliphatic heterocycles. The molecule has 5 heteroatoms. The third-order valence-corrected chi connectivity index (χ3v) is 3.22. The standard InChI is InChI=1S/C16H20N2O3/c1-10(2)13-6-11(3)7-14(8-13)21-9-12-4-5-20-15(12)16(19)18-17/h4-8,10H,9,17H2,1-3H3,(H,18,19). The van der Waals surface area contributed by atoms with E-state index in [-0.39, 0.29) is 12.4 Å². The smallest absolute Gasteiger partial charge is 0.301 e. The van der Waals surface area contributed by atoms with Crippen LogP contribution >= 0.6 is 0 Å². The molecule has 2 rings (SSSR count). The first kappa shape index (κ1) is 15.1. The zero-order valence-electron chi connectivity index (χ0n) is 12.5. The quantitative estimate of drug-likeness (QED) is 0.504. The van der Waals surface area contributed by atoms with E-state index >= 15 is 0 Å². The Balaban J connectivity index is 2.13. The van der Waals surface area contributed by atoms with E-state index in [4.69, 9.17) is 15.0 Å². The van der Waals surface area contributed by atoms with Gasteiger partial charge in [-0.25, -0.2) is 5.84 Å². The maximum atomic E-state index is 11.5. The number of hydrogen-bond donors (Lipinski definition) is 2. The van der Waals surface area contributed by atoms with Crippen molar-refractivity contribution in [1.82, 2.24) is 5.43 Å². The summed E-state index contributed by atoms with van der Waals surface area (Å²) in [6, 6.07) is 7.82. The van der Waals surface area contributed by atoms with Gasteiger partial charge in [0.05, 0.1) is 6.26 Å². The molecule has 0 bridgehead atoms. The predicted octanol–water partition coefficient (Wildman–Crippen LogP) is 2.89. The van der Waals surface area contributed by atoms with Crippen LogP contribution in [0.2, 0.25) is 0 Å². The number of aryl methyl sites for hydroxylation is 1. The van der Waals surface area contributed by atoms with Crippen molar-refractivity contribution >= 4 is 5.91 Å². The number of nitrogens with two attached hydrogens (primary N) is 1. The highest BCUT2D eigenvalue weighted by Crippen LogP contribution is 2.24. The fraction of sp³-hybridized carbons (Fsp3) is 0.312. The molecule has 5 nitrogen and oxygen atoms in total. The Morgan fingerprint density at radius 2 is 2.14 bits per heavy atom. The fourth-order valence-corrected chi connectivity index (χ4v) is 2.07. The topological polar surface area (TPSA) is 77.5 Å². The Kier molecular flexibility index (Phi) is 4.65. The zero-order chi connectivity index (χ0) is 15.4. The fourth-order valence-electron chi connectivity index (χ4n) is 2.07. The molecule has 0 unspecified atom stereocenters. The number of amides is 1. The van der Waals surface area contributed by atoms with Crippen molar-refractivity contribution in [1.29, 1.82) is 0 Å². The van der Waals surface area contributed by atoms with Crippen LogP contribution in [0, 0.1) is 6.92 Å². The summed E-state index contributed by atoms with van der Waals surface area (Å²) in [5, 5.41) is 0. The molecule has 2 aromatic rings. The van der Waals surface area contributed by atoms with Gasteiger partial charge < -0.3 is 9.15 Å². The van der Waals surface area contributed by atoms with E-state index in [0.29, 0.717) is 11.5 Å². The van der Waals surface area contributed by atoms with Gasteiger partial charge in [-0.2, -0.15) is 0 Å². The van der Waals surface area contributed by atoms with Crippen molar-refractivity contribution in [2.24, 2.45) is 5.84 Å². The summed E-state index contributed by atoms with van der Waals surface area (Å²) in [5.41, 5.74) is 5.07. The van der Waals surface area contributed by atoms with Gasteiger partial charge in [0.1, 0.15) is 12.4 Å². The van der Waals surface area contributed by atoms with E-state index in [2.05, 4.69) is 25.3 Å². The van der Waals surface area contributed by atoms with E-state index in [1.54, 1.807) is 6.07 Å². The minimum Gasteiger partial charge on any atom is -0.489 e. The summed E-state index contributed by atoms with van der Waals surface area (Å²) >= 11 is 0. The number of ether oxygens (including phenoxy) is 1. The van der Waals surface area contributed by atoms with Crippen LogP contribution in [-0.2, 0) is 6.61 Å². The summed E-state index contributed by atoms with van der Waals surface area (Å²) in [5.74, 6) is 6.03. The maximum Gasteiger partial charge on any atom is 0.301 e. The van der Waals surface area contributed by atoms with E-state index in [9.17, 15) is 4.79 Å². The Bertz CT molecular complexity index is 632. The third kappa shape index (κ3) is 3.64. The number of carbonyl (C=O) groups excluding carboxylic acids is 1. The molecule has 21 heavy (non-hydrogen) atoms. The molecule has 1 heterocycles. The van der Waals surface area contributed by atoms with E-state index < -0.39 is 5.91 Å². The van der Waals surface area contributed by atoms with Gasteiger partial charge in [0, 0.05) is 5.56 Å². The van der Waals surface area contributed by atoms with Crippen molar-refractivity contribution < 1.29 is 13.9 Å². The van der Waals surface area contributed by atoms with Crippen LogP contribution in [0.15, 0.2) is 34.9 Å². The number of nitrogens with one attached hydrogen (secondary N) is 1. The monoisotopic (exact) mass is 288 g/mol. The van der Waals surface area contributed by atoms with Crippen molar-refractivity contribution in [2.75, 3.05) is 0 Å². The second-order valence-electron chi connectivity index (χ2n) is 5.27. The number of benzene rings is 1. The first-order valence-electron chi connectivity index (χ1n) is 6.83. The van der Waals surface area contributed by atoms with E-state index in [1.165, 1.54) is 11.8 Å². The summed E-state index contributed by atoms with van der Waals surface area (Å²) in [7, 11) is 0. The van der Waals surface area contributed by atoms with Crippen molar-refractivity contribution in [2.45, 2.75) is 33.3 Å². The molecule has 3 N–H and O–H groups in total. The highest BCUT2D eigenvalue weighted by Gasteiger charge is 2.14. The molecule has 0 saturated heterocycles. The summed E-state index contributed by atoms with van der Waals surface area (Å²) in [6.07, 6.45) is 1.44. The number of rotatable bonds is 5. The molecule has 0 aliphatic rings. The van der Waals surface area contributed by atoms with Crippen molar-refractivity contribution in [3.05, 3.63) is 53.0 Å². The van der Waals surface area contributed by atoms with Gasteiger partial charge in [-0.3, -0.25) is 10.2 Å². The molecule has 1 amide bonds. The highest BCUT2D eigenvalue weighted by molar-refractivity contribution is 5.92. The lowest BCUT2D eigenvalue weighted by Gasteiger charge is -2.11. The lowest BCUT2D eigenvalue weighted by atomic mass is 10.0. The van der Waals surface area contributed by atoms with Gasteiger partial charge >= 0.3 is 5.91 Å².